The second kappa shape index (κ2) is 7.51. The maximum atomic E-state index is 5.10. The number of pyridine rings is 2. The van der Waals surface area contributed by atoms with Crippen molar-refractivity contribution in [1.29, 1.82) is 0 Å². The first-order chi connectivity index (χ1) is 14.5. The molecule has 0 aliphatic heterocycles. The quantitative estimate of drug-likeness (QED) is 0.207. The Kier molecular flexibility index (Phi) is 4.82. The fourth-order valence-electron chi connectivity index (χ4n) is 4.00. The van der Waals surface area contributed by atoms with Crippen LogP contribution in [0.2, 0.25) is 14.8 Å². The fraction of sp³-hybridized carbons (Fsp3) is 0.111. The van der Waals surface area contributed by atoms with Crippen LogP contribution in [0.25, 0.3) is 44.2 Å². The van der Waals surface area contributed by atoms with Crippen LogP contribution in [0.3, 0.4) is 0 Å². The van der Waals surface area contributed by atoms with Gasteiger partial charge in [-0.3, -0.25) is 0 Å². The summed E-state index contributed by atoms with van der Waals surface area (Å²) in [6, 6.07) is 32.1. The molecule has 30 heavy (non-hydrogen) atoms. The molecule has 2 nitrogen and oxygen atoms in total. The Morgan fingerprint density at radius 1 is 0.533 bits per heavy atom. The minimum absolute atomic E-state index is 0.932. The van der Waals surface area contributed by atoms with Crippen molar-refractivity contribution in [2.45, 2.75) is 14.8 Å². The van der Waals surface area contributed by atoms with E-state index >= 15 is 0 Å². The van der Waals surface area contributed by atoms with Crippen molar-refractivity contribution >= 4 is 43.6 Å². The number of aromatic nitrogens is 2. The van der Waals surface area contributed by atoms with E-state index in [0.717, 1.165) is 17.1 Å². The van der Waals surface area contributed by atoms with E-state index in [1.54, 1.807) is 0 Å². The molecule has 0 atom stereocenters. The van der Waals surface area contributed by atoms with Crippen LogP contribution in [0.5, 0.6) is 0 Å². The molecule has 0 amide bonds. The molecule has 0 aliphatic carbocycles. The molecule has 0 radical (unpaired) electrons. The van der Waals surface area contributed by atoms with Crippen LogP contribution in [-0.4, -0.2) is 28.3 Å². The van der Waals surface area contributed by atoms with Gasteiger partial charge in [0.15, 0.2) is 0 Å². The topological polar surface area (TPSA) is 25.8 Å². The van der Waals surface area contributed by atoms with E-state index in [2.05, 4.69) is 106 Å². The zero-order chi connectivity index (χ0) is 20.7. The number of hydrogen-bond donors (Lipinski definition) is 0. The molecule has 0 fully saturated rings. The first-order valence-electron chi connectivity index (χ1n) is 10.4. The molecule has 0 saturated carbocycles. The van der Waals surface area contributed by atoms with Gasteiger partial charge in [-0.25, -0.2) is 0 Å². The van der Waals surface area contributed by atoms with Crippen LogP contribution in [0.1, 0.15) is 0 Å². The Bertz CT molecular complexity index is 1330. The van der Waals surface area contributed by atoms with Gasteiger partial charge >= 0.3 is 182 Å². The van der Waals surface area contributed by atoms with Gasteiger partial charge in [0.2, 0.25) is 0 Å². The molecule has 146 valence electrons. The van der Waals surface area contributed by atoms with Crippen LogP contribution in [0, 0.1) is 0 Å². The van der Waals surface area contributed by atoms with E-state index in [1.165, 1.54) is 30.8 Å². The van der Waals surface area contributed by atoms with E-state index < -0.39 is 18.4 Å². The summed E-state index contributed by atoms with van der Waals surface area (Å²) in [4.78, 5) is 17.3. The molecule has 0 bridgehead atoms. The maximum absolute atomic E-state index is 5.10. The van der Waals surface area contributed by atoms with Gasteiger partial charge in [0.1, 0.15) is 0 Å². The molecular weight excluding hydrogens is 471 g/mol. The van der Waals surface area contributed by atoms with Gasteiger partial charge in [0.25, 0.3) is 0 Å². The molecule has 5 rings (SSSR count). The van der Waals surface area contributed by atoms with Crippen LogP contribution in [0.15, 0.2) is 91.0 Å². The van der Waals surface area contributed by atoms with Crippen molar-refractivity contribution in [3.63, 3.8) is 0 Å². The van der Waals surface area contributed by atoms with Crippen molar-refractivity contribution in [3.05, 3.63) is 91.0 Å². The fourth-order valence-corrected chi connectivity index (χ4v) is 7.00. The second-order valence-corrected chi connectivity index (χ2v) is 23.1. The van der Waals surface area contributed by atoms with Crippen molar-refractivity contribution in [3.8, 4) is 22.6 Å². The Morgan fingerprint density at radius 2 is 1.07 bits per heavy atom. The number of hydrogen-bond acceptors (Lipinski definition) is 2. The standard InChI is InChI=1S/C24H15N2.3CH3.Sn/c1-3-10-19-17(8-1)16-18-9-2-4-11-20(18)24(19)23-14-7-13-22(26-23)21-12-5-6-15-25-21;;;;/h1-14,16H;3*1H3;. The second-order valence-electron chi connectivity index (χ2n) is 8.76. The van der Waals surface area contributed by atoms with Gasteiger partial charge in [-0.2, -0.15) is 0 Å². The zero-order valence-corrected chi connectivity index (χ0v) is 20.4. The van der Waals surface area contributed by atoms with Crippen molar-refractivity contribution < 1.29 is 0 Å². The molecule has 2 aromatic heterocycles. The van der Waals surface area contributed by atoms with Crippen molar-refractivity contribution in [2.24, 2.45) is 0 Å². The van der Waals surface area contributed by atoms with Crippen LogP contribution in [0.4, 0.5) is 0 Å². The summed E-state index contributed by atoms with van der Waals surface area (Å²) in [5.74, 6) is 0. The summed E-state index contributed by atoms with van der Waals surface area (Å²) in [6.45, 7) is 0. The van der Waals surface area contributed by atoms with Gasteiger partial charge in [0.05, 0.1) is 0 Å². The summed E-state index contributed by atoms with van der Waals surface area (Å²) < 4.78 is 1.28. The van der Waals surface area contributed by atoms with Crippen LogP contribution >= 0.6 is 0 Å². The first-order valence-corrected chi connectivity index (χ1v) is 20.4. The summed E-state index contributed by atoms with van der Waals surface area (Å²) in [7, 11) is 0. The number of nitrogens with zero attached hydrogens (tertiary/aromatic N) is 2. The minimum atomic E-state index is -2.25. The third-order valence-electron chi connectivity index (χ3n) is 5.56. The van der Waals surface area contributed by atoms with Crippen LogP contribution in [-0.2, 0) is 0 Å². The predicted molar refractivity (Wildman–Crippen MR) is 131 cm³/mol. The molecule has 0 aliphatic rings. The SMILES string of the molecule is [CH3][Sn]([CH3])([CH3])[c]1cccc(-c2cccc(-c3c4ccccc4cc4ccccc34)n2)n1. The Morgan fingerprint density at radius 3 is 1.70 bits per heavy atom. The Labute approximate surface area is 181 Å². The summed E-state index contributed by atoms with van der Waals surface area (Å²) in [6.07, 6.45) is 0. The van der Waals surface area contributed by atoms with Gasteiger partial charge in [-0.05, 0) is 0 Å². The van der Waals surface area contributed by atoms with E-state index in [4.69, 9.17) is 9.97 Å². The van der Waals surface area contributed by atoms with E-state index in [9.17, 15) is 0 Å². The number of benzene rings is 3. The summed E-state index contributed by atoms with van der Waals surface area (Å²) >= 11 is -2.25. The van der Waals surface area contributed by atoms with E-state index in [1.807, 2.05) is 0 Å². The Hall–Kier alpha value is -2.72. The van der Waals surface area contributed by atoms with E-state index in [-0.39, 0.29) is 0 Å². The third-order valence-corrected chi connectivity index (χ3v) is 10.7. The predicted octanol–water partition coefficient (Wildman–Crippen LogP) is 6.66. The van der Waals surface area contributed by atoms with Gasteiger partial charge in [-0.15, -0.1) is 0 Å². The first kappa shape index (κ1) is 19.3. The molecular formula is C27H24N2Sn. The molecule has 0 spiro atoms. The third kappa shape index (κ3) is 3.50. The summed E-state index contributed by atoms with van der Waals surface area (Å²) in [5.41, 5.74) is 4.08. The molecule has 3 heteroatoms. The van der Waals surface area contributed by atoms with Crippen molar-refractivity contribution in [1.82, 2.24) is 9.97 Å². The summed E-state index contributed by atoms with van der Waals surface area (Å²) in [5, 5.41) is 4.93. The monoisotopic (exact) mass is 496 g/mol. The molecule has 0 N–H and O–H groups in total. The number of fused-ring (bicyclic) bond motifs is 2. The average Bonchev–Trinajstić information content (AvgIpc) is 2.77. The van der Waals surface area contributed by atoms with Gasteiger partial charge < -0.3 is 0 Å². The average molecular weight is 495 g/mol. The molecule has 2 heterocycles. The number of rotatable bonds is 3. The van der Waals surface area contributed by atoms with Gasteiger partial charge in [-0.1, -0.05) is 0 Å². The zero-order valence-electron chi connectivity index (χ0n) is 17.6. The molecule has 5 aromatic rings. The van der Waals surface area contributed by atoms with E-state index in [0.29, 0.717) is 0 Å². The Balaban J connectivity index is 1.75. The van der Waals surface area contributed by atoms with Crippen molar-refractivity contribution in [2.75, 3.05) is 0 Å². The van der Waals surface area contributed by atoms with Crippen LogP contribution < -0.4 is 3.71 Å². The molecule has 0 saturated heterocycles. The molecule has 0 unspecified atom stereocenters. The van der Waals surface area contributed by atoms with Gasteiger partial charge in [0, 0.05) is 0 Å². The molecule has 3 aromatic carbocycles. The normalized spacial score (nSPS) is 11.8.